The van der Waals surface area contributed by atoms with Crippen LogP contribution in [0.5, 0.6) is 5.75 Å². The Hall–Kier alpha value is -0.830. The first-order chi connectivity index (χ1) is 6.32. The first-order valence-electron chi connectivity index (χ1n) is 4.21. The van der Waals surface area contributed by atoms with Gasteiger partial charge in [-0.15, -0.1) is 0 Å². The Labute approximate surface area is 82.4 Å². The molecule has 0 aliphatic carbocycles. The van der Waals surface area contributed by atoms with Gasteiger partial charge in [0.15, 0.2) is 0 Å². The molecular weight excluding hydrogens is 203 g/mol. The Bertz CT molecular complexity index is 380. The van der Waals surface area contributed by atoms with Gasteiger partial charge in [0.2, 0.25) is 0 Å². The number of aromatic hydroxyl groups is 1. The minimum atomic E-state index is -4.26. The van der Waals surface area contributed by atoms with Crippen molar-refractivity contribution in [3.63, 3.8) is 0 Å². The Balaban J connectivity index is 3.20. The fourth-order valence-corrected chi connectivity index (χ4v) is 1.76. The lowest BCUT2D eigenvalue weighted by molar-refractivity contribution is 0.387. The molecule has 0 bridgehead atoms. The molecule has 14 heavy (non-hydrogen) atoms. The molecule has 0 atom stereocenters. The van der Waals surface area contributed by atoms with Crippen molar-refractivity contribution < 1.29 is 19.5 Å². The quantitative estimate of drug-likeness (QED) is 0.651. The number of hydrogen-bond donors (Lipinski definition) is 3. The van der Waals surface area contributed by atoms with Crippen LogP contribution >= 0.6 is 7.60 Å². The third-order valence-corrected chi connectivity index (χ3v) is 2.92. The lowest BCUT2D eigenvalue weighted by Crippen LogP contribution is -2.04. The van der Waals surface area contributed by atoms with E-state index in [4.69, 9.17) is 9.79 Å². The van der Waals surface area contributed by atoms with E-state index in [1.165, 1.54) is 12.1 Å². The molecule has 1 rings (SSSR count). The van der Waals surface area contributed by atoms with Crippen LogP contribution in [0.3, 0.4) is 0 Å². The van der Waals surface area contributed by atoms with E-state index in [1.807, 2.05) is 13.8 Å². The van der Waals surface area contributed by atoms with Crippen LogP contribution in [0.1, 0.15) is 25.3 Å². The molecular formula is C9H13O4P. The topological polar surface area (TPSA) is 77.8 Å². The van der Waals surface area contributed by atoms with Crippen molar-refractivity contribution in [1.29, 1.82) is 0 Å². The Morgan fingerprint density at radius 3 is 2.21 bits per heavy atom. The second kappa shape index (κ2) is 3.73. The largest absolute Gasteiger partial charge is 0.508 e. The van der Waals surface area contributed by atoms with Crippen LogP contribution in [0, 0.1) is 0 Å². The van der Waals surface area contributed by atoms with E-state index in [1.54, 1.807) is 0 Å². The van der Waals surface area contributed by atoms with Gasteiger partial charge in [0.1, 0.15) is 5.75 Å². The van der Waals surface area contributed by atoms with E-state index in [2.05, 4.69) is 0 Å². The van der Waals surface area contributed by atoms with Gasteiger partial charge in [0.05, 0.1) is 5.30 Å². The lowest BCUT2D eigenvalue weighted by Gasteiger charge is -2.10. The van der Waals surface area contributed by atoms with E-state index >= 15 is 0 Å². The average Bonchev–Trinajstić information content (AvgIpc) is 2.01. The molecule has 0 saturated carbocycles. The van der Waals surface area contributed by atoms with Gasteiger partial charge in [-0.3, -0.25) is 4.57 Å². The molecule has 1 aromatic carbocycles. The molecule has 0 aliphatic heterocycles. The molecule has 0 unspecified atom stereocenters. The summed E-state index contributed by atoms with van der Waals surface area (Å²) in [5.41, 5.74) is 0.683. The highest BCUT2D eigenvalue weighted by Crippen LogP contribution is 2.35. The van der Waals surface area contributed by atoms with Gasteiger partial charge < -0.3 is 14.9 Å². The summed E-state index contributed by atoms with van der Waals surface area (Å²) in [6.07, 6.45) is 0. The number of rotatable bonds is 2. The maximum Gasteiger partial charge on any atom is 0.356 e. The summed E-state index contributed by atoms with van der Waals surface area (Å²) in [4.78, 5) is 17.7. The zero-order valence-corrected chi connectivity index (χ0v) is 8.90. The van der Waals surface area contributed by atoms with Gasteiger partial charge in [-0.05, 0) is 23.6 Å². The van der Waals surface area contributed by atoms with Crippen molar-refractivity contribution >= 4 is 12.9 Å². The highest BCUT2D eigenvalue weighted by atomic mass is 31.2. The van der Waals surface area contributed by atoms with Crippen LogP contribution in [0.4, 0.5) is 0 Å². The van der Waals surface area contributed by atoms with E-state index in [0.29, 0.717) is 5.56 Å². The van der Waals surface area contributed by atoms with Gasteiger partial charge in [-0.1, -0.05) is 19.9 Å². The van der Waals surface area contributed by atoms with Crippen molar-refractivity contribution in [1.82, 2.24) is 0 Å². The molecule has 3 N–H and O–H groups in total. The predicted molar refractivity (Wildman–Crippen MR) is 53.9 cm³/mol. The van der Waals surface area contributed by atoms with Gasteiger partial charge in [-0.2, -0.15) is 0 Å². The van der Waals surface area contributed by atoms with Crippen LogP contribution in [0.25, 0.3) is 0 Å². The Kier molecular flexibility index (Phi) is 3.00. The standard InChI is InChI=1S/C9H13O4P/c1-6(2)8-4-3-7(5-9(8)10)14(11,12)13/h3-6,10H,1-2H3,(H2,11,12,13). The fraction of sp³-hybridized carbons (Fsp3) is 0.333. The van der Waals surface area contributed by atoms with Crippen molar-refractivity contribution in [2.45, 2.75) is 19.8 Å². The van der Waals surface area contributed by atoms with Gasteiger partial charge in [0.25, 0.3) is 0 Å². The second-order valence-electron chi connectivity index (χ2n) is 3.44. The van der Waals surface area contributed by atoms with Crippen LogP contribution in [0.2, 0.25) is 0 Å². The van der Waals surface area contributed by atoms with Crippen molar-refractivity contribution in [3.8, 4) is 5.75 Å². The van der Waals surface area contributed by atoms with Crippen LogP contribution in [-0.4, -0.2) is 14.9 Å². The summed E-state index contributed by atoms with van der Waals surface area (Å²) in [5, 5.41) is 9.33. The molecule has 78 valence electrons. The molecule has 0 aromatic heterocycles. The minimum absolute atomic E-state index is 0.0687. The zero-order chi connectivity index (χ0) is 10.9. The highest BCUT2D eigenvalue weighted by molar-refractivity contribution is 7.60. The van der Waals surface area contributed by atoms with Gasteiger partial charge in [-0.25, -0.2) is 0 Å². The number of benzene rings is 1. The maximum atomic E-state index is 10.8. The summed E-state index contributed by atoms with van der Waals surface area (Å²) < 4.78 is 10.8. The fourth-order valence-electron chi connectivity index (χ4n) is 1.20. The van der Waals surface area contributed by atoms with Crippen molar-refractivity contribution in [3.05, 3.63) is 23.8 Å². The first kappa shape index (κ1) is 11.2. The Morgan fingerprint density at radius 2 is 1.86 bits per heavy atom. The van der Waals surface area contributed by atoms with Crippen LogP contribution in [-0.2, 0) is 4.57 Å². The predicted octanol–water partition coefficient (Wildman–Crippen LogP) is 1.32. The molecule has 0 radical (unpaired) electrons. The summed E-state index contributed by atoms with van der Waals surface area (Å²) in [6, 6.07) is 4.00. The number of phenols is 1. The lowest BCUT2D eigenvalue weighted by atomic mass is 10.0. The average molecular weight is 216 g/mol. The SMILES string of the molecule is CC(C)c1ccc(P(=O)(O)O)cc1O. The molecule has 0 saturated heterocycles. The van der Waals surface area contributed by atoms with Crippen LogP contribution < -0.4 is 5.30 Å². The highest BCUT2D eigenvalue weighted by Gasteiger charge is 2.18. The summed E-state index contributed by atoms with van der Waals surface area (Å²) in [6.45, 7) is 3.79. The van der Waals surface area contributed by atoms with E-state index in [0.717, 1.165) is 6.07 Å². The Morgan fingerprint density at radius 1 is 1.29 bits per heavy atom. The molecule has 0 aliphatic rings. The molecule has 0 spiro atoms. The van der Waals surface area contributed by atoms with E-state index in [-0.39, 0.29) is 17.0 Å². The van der Waals surface area contributed by atoms with Gasteiger partial charge >= 0.3 is 7.60 Å². The monoisotopic (exact) mass is 216 g/mol. The maximum absolute atomic E-state index is 10.8. The third-order valence-electron chi connectivity index (χ3n) is 1.97. The summed E-state index contributed by atoms with van der Waals surface area (Å²) in [5.74, 6) is 0.0571. The van der Waals surface area contributed by atoms with Crippen molar-refractivity contribution in [2.24, 2.45) is 0 Å². The molecule has 0 amide bonds. The van der Waals surface area contributed by atoms with E-state index in [9.17, 15) is 9.67 Å². The van der Waals surface area contributed by atoms with E-state index < -0.39 is 7.60 Å². The van der Waals surface area contributed by atoms with Gasteiger partial charge in [0, 0.05) is 0 Å². The zero-order valence-electron chi connectivity index (χ0n) is 8.01. The number of hydrogen-bond acceptors (Lipinski definition) is 2. The normalized spacial score (nSPS) is 12.1. The number of phenolic OH excluding ortho intramolecular Hbond substituents is 1. The summed E-state index contributed by atoms with van der Waals surface area (Å²) >= 11 is 0. The summed E-state index contributed by atoms with van der Waals surface area (Å²) in [7, 11) is -4.26. The minimum Gasteiger partial charge on any atom is -0.508 e. The first-order valence-corrected chi connectivity index (χ1v) is 5.82. The molecule has 5 heteroatoms. The van der Waals surface area contributed by atoms with Crippen molar-refractivity contribution in [2.75, 3.05) is 0 Å². The molecule has 0 fully saturated rings. The molecule has 0 heterocycles. The molecule has 1 aromatic rings. The second-order valence-corrected chi connectivity index (χ2v) is 5.05. The van der Waals surface area contributed by atoms with Crippen LogP contribution in [0.15, 0.2) is 18.2 Å². The third kappa shape index (κ3) is 2.35. The smallest absolute Gasteiger partial charge is 0.356 e. The molecule has 4 nitrogen and oxygen atoms in total.